The molecule has 0 unspecified atom stereocenters. The summed E-state index contributed by atoms with van der Waals surface area (Å²) < 4.78 is 0. The highest BCUT2D eigenvalue weighted by molar-refractivity contribution is 6.00. The Labute approximate surface area is 71.4 Å². The second-order valence-corrected chi connectivity index (χ2v) is 3.12. The number of ketones is 1. The molecule has 12 heavy (non-hydrogen) atoms. The lowest BCUT2D eigenvalue weighted by Crippen LogP contribution is -1.98. The van der Waals surface area contributed by atoms with Gasteiger partial charge in [0.2, 0.25) is 0 Å². The Morgan fingerprint density at radius 1 is 1.33 bits per heavy atom. The van der Waals surface area contributed by atoms with Crippen LogP contribution in [0.2, 0.25) is 0 Å². The van der Waals surface area contributed by atoms with Crippen molar-refractivity contribution in [3.05, 3.63) is 34.9 Å². The van der Waals surface area contributed by atoms with Crippen LogP contribution in [0.3, 0.4) is 0 Å². The van der Waals surface area contributed by atoms with Crippen LogP contribution in [0.25, 0.3) is 0 Å². The van der Waals surface area contributed by atoms with Crippen molar-refractivity contribution in [1.29, 1.82) is 0 Å². The van der Waals surface area contributed by atoms with Gasteiger partial charge in [0.05, 0.1) is 0 Å². The quantitative estimate of drug-likeness (QED) is 0.674. The lowest BCUT2D eigenvalue weighted by atomic mass is 10.1. The van der Waals surface area contributed by atoms with Crippen LogP contribution in [0, 0.1) is 0 Å². The summed E-state index contributed by atoms with van der Waals surface area (Å²) in [4.78, 5) is 11.2. The van der Waals surface area contributed by atoms with E-state index >= 15 is 0 Å². The molecule has 2 rings (SSSR count). The van der Waals surface area contributed by atoms with Crippen LogP contribution in [0.5, 0.6) is 0 Å². The van der Waals surface area contributed by atoms with Gasteiger partial charge in [-0.1, -0.05) is 18.2 Å². The third-order valence-corrected chi connectivity index (χ3v) is 2.33. The monoisotopic (exact) mass is 161 g/mol. The van der Waals surface area contributed by atoms with Gasteiger partial charge in [-0.05, 0) is 17.5 Å². The summed E-state index contributed by atoms with van der Waals surface area (Å²) in [5.41, 5.74) is 8.67. The molecule has 1 aromatic carbocycles. The number of nitrogens with two attached hydrogens (primary N) is 1. The molecule has 0 saturated carbocycles. The first-order valence-corrected chi connectivity index (χ1v) is 4.16. The Morgan fingerprint density at radius 2 is 2.17 bits per heavy atom. The summed E-state index contributed by atoms with van der Waals surface area (Å²) in [6.07, 6.45) is 1.56. The summed E-state index contributed by atoms with van der Waals surface area (Å²) in [5.74, 6) is 0.272. The molecule has 2 nitrogen and oxygen atoms in total. The number of rotatable bonds is 1. The molecule has 0 fully saturated rings. The number of carbonyl (C=O) groups is 1. The van der Waals surface area contributed by atoms with Crippen molar-refractivity contribution in [2.24, 2.45) is 5.73 Å². The van der Waals surface area contributed by atoms with E-state index in [1.165, 1.54) is 5.56 Å². The highest BCUT2D eigenvalue weighted by atomic mass is 16.1. The topological polar surface area (TPSA) is 43.1 Å². The summed E-state index contributed by atoms with van der Waals surface area (Å²) in [6, 6.07) is 5.87. The van der Waals surface area contributed by atoms with Gasteiger partial charge >= 0.3 is 0 Å². The lowest BCUT2D eigenvalue weighted by Gasteiger charge is -2.00. The first-order chi connectivity index (χ1) is 5.81. The maximum absolute atomic E-state index is 11.2. The van der Waals surface area contributed by atoms with Crippen LogP contribution >= 0.6 is 0 Å². The lowest BCUT2D eigenvalue weighted by molar-refractivity contribution is 0.0994. The third kappa shape index (κ3) is 1.04. The average molecular weight is 161 g/mol. The van der Waals surface area contributed by atoms with E-state index in [-0.39, 0.29) is 5.78 Å². The summed E-state index contributed by atoms with van der Waals surface area (Å²) in [6.45, 7) is 0.557. The van der Waals surface area contributed by atoms with Crippen LogP contribution in [-0.4, -0.2) is 5.78 Å². The van der Waals surface area contributed by atoms with Crippen LogP contribution in [0.1, 0.15) is 27.9 Å². The van der Waals surface area contributed by atoms with E-state index in [2.05, 4.69) is 0 Å². The summed E-state index contributed by atoms with van der Waals surface area (Å²) in [5, 5.41) is 0. The Bertz CT molecular complexity index is 331. The average Bonchev–Trinajstić information content (AvgIpc) is 2.47. The SMILES string of the molecule is NCc1ccc2c(c1)CCC2=O. The first kappa shape index (κ1) is 7.50. The van der Waals surface area contributed by atoms with Gasteiger partial charge < -0.3 is 5.73 Å². The fraction of sp³-hybridized carbons (Fsp3) is 0.300. The largest absolute Gasteiger partial charge is 0.326 e. The molecule has 0 atom stereocenters. The number of benzene rings is 1. The van der Waals surface area contributed by atoms with Crippen molar-refractivity contribution in [3.63, 3.8) is 0 Å². The normalized spacial score (nSPS) is 14.9. The molecular formula is C10H11NO. The van der Waals surface area contributed by atoms with Gasteiger partial charge in [0.15, 0.2) is 5.78 Å². The molecule has 0 aromatic heterocycles. The number of carbonyl (C=O) groups excluding carboxylic acids is 1. The minimum atomic E-state index is 0.272. The molecular weight excluding hydrogens is 150 g/mol. The zero-order chi connectivity index (χ0) is 8.55. The van der Waals surface area contributed by atoms with Crippen molar-refractivity contribution in [1.82, 2.24) is 0 Å². The number of hydrogen-bond acceptors (Lipinski definition) is 2. The van der Waals surface area contributed by atoms with E-state index in [9.17, 15) is 4.79 Å². The smallest absolute Gasteiger partial charge is 0.163 e. The van der Waals surface area contributed by atoms with Gasteiger partial charge in [-0.15, -0.1) is 0 Å². The van der Waals surface area contributed by atoms with Gasteiger partial charge in [0.1, 0.15) is 0 Å². The van der Waals surface area contributed by atoms with Crippen LogP contribution in [0.15, 0.2) is 18.2 Å². The van der Waals surface area contributed by atoms with Crippen molar-refractivity contribution < 1.29 is 4.79 Å². The molecule has 0 spiro atoms. The summed E-state index contributed by atoms with van der Waals surface area (Å²) in [7, 11) is 0. The van der Waals surface area contributed by atoms with Crippen LogP contribution < -0.4 is 5.73 Å². The van der Waals surface area contributed by atoms with E-state index in [0.29, 0.717) is 13.0 Å². The van der Waals surface area contributed by atoms with Crippen LogP contribution in [0.4, 0.5) is 0 Å². The Hall–Kier alpha value is -1.15. The predicted octanol–water partition coefficient (Wildman–Crippen LogP) is 1.27. The molecule has 0 radical (unpaired) electrons. The second kappa shape index (κ2) is 2.72. The van der Waals surface area contributed by atoms with E-state index in [0.717, 1.165) is 17.5 Å². The van der Waals surface area contributed by atoms with Gasteiger partial charge in [-0.2, -0.15) is 0 Å². The van der Waals surface area contributed by atoms with Gasteiger partial charge in [-0.3, -0.25) is 4.79 Å². The number of fused-ring (bicyclic) bond motifs is 1. The molecule has 0 heterocycles. The predicted molar refractivity (Wildman–Crippen MR) is 47.0 cm³/mol. The zero-order valence-corrected chi connectivity index (χ0v) is 6.84. The number of aryl methyl sites for hydroxylation is 1. The van der Waals surface area contributed by atoms with Gasteiger partial charge in [0.25, 0.3) is 0 Å². The van der Waals surface area contributed by atoms with Crippen molar-refractivity contribution in [2.45, 2.75) is 19.4 Å². The van der Waals surface area contributed by atoms with E-state index < -0.39 is 0 Å². The maximum Gasteiger partial charge on any atom is 0.163 e. The van der Waals surface area contributed by atoms with Crippen molar-refractivity contribution in [3.8, 4) is 0 Å². The molecule has 0 bridgehead atoms. The number of Topliss-reactive ketones (excluding diaryl/α,β-unsaturated/α-hetero) is 1. The molecule has 1 aliphatic rings. The van der Waals surface area contributed by atoms with Crippen molar-refractivity contribution >= 4 is 5.78 Å². The molecule has 62 valence electrons. The maximum atomic E-state index is 11.2. The molecule has 0 amide bonds. The van der Waals surface area contributed by atoms with Gasteiger partial charge in [0, 0.05) is 18.5 Å². The van der Waals surface area contributed by atoms with Gasteiger partial charge in [-0.25, -0.2) is 0 Å². The van der Waals surface area contributed by atoms with E-state index in [4.69, 9.17) is 5.73 Å². The molecule has 0 aliphatic heterocycles. The Balaban J connectivity index is 2.48. The first-order valence-electron chi connectivity index (χ1n) is 4.16. The minimum Gasteiger partial charge on any atom is -0.326 e. The highest BCUT2D eigenvalue weighted by Crippen LogP contribution is 2.22. The molecule has 1 aromatic rings. The second-order valence-electron chi connectivity index (χ2n) is 3.12. The van der Waals surface area contributed by atoms with Crippen LogP contribution in [-0.2, 0) is 13.0 Å². The standard InChI is InChI=1S/C10H11NO/c11-6-7-1-3-9-8(5-7)2-4-10(9)12/h1,3,5H,2,4,6,11H2. The number of hydrogen-bond donors (Lipinski definition) is 1. The minimum absolute atomic E-state index is 0.272. The van der Waals surface area contributed by atoms with E-state index in [1.54, 1.807) is 0 Å². The molecule has 0 saturated heterocycles. The van der Waals surface area contributed by atoms with E-state index in [1.807, 2.05) is 18.2 Å². The van der Waals surface area contributed by atoms with Crippen molar-refractivity contribution in [2.75, 3.05) is 0 Å². The fourth-order valence-corrected chi connectivity index (χ4v) is 1.64. The third-order valence-electron chi connectivity index (χ3n) is 2.33. The highest BCUT2D eigenvalue weighted by Gasteiger charge is 2.18. The molecule has 2 heteroatoms. The Morgan fingerprint density at radius 3 is 2.92 bits per heavy atom. The molecule has 1 aliphatic carbocycles. The Kier molecular flexibility index (Phi) is 1.70. The molecule has 2 N–H and O–H groups in total. The zero-order valence-electron chi connectivity index (χ0n) is 6.84. The fourth-order valence-electron chi connectivity index (χ4n) is 1.64. The summed E-state index contributed by atoms with van der Waals surface area (Å²) >= 11 is 0.